The predicted molar refractivity (Wildman–Crippen MR) is 66.1 cm³/mol. The van der Waals surface area contributed by atoms with Crippen LogP contribution in [0, 0.1) is 0 Å². The quantitative estimate of drug-likeness (QED) is 0.779. The highest BCUT2D eigenvalue weighted by Gasteiger charge is 2.33. The Hall–Kier alpha value is -0.390. The van der Waals surface area contributed by atoms with Gasteiger partial charge in [0.15, 0.2) is 9.84 Å². The third-order valence-corrected chi connectivity index (χ3v) is 4.79. The molecular weight excluding hydrogens is 226 g/mol. The van der Waals surface area contributed by atoms with Crippen molar-refractivity contribution < 1.29 is 13.6 Å². The minimum Gasteiger partial charge on any atom is -0.313 e. The zero-order chi connectivity index (χ0) is 13.4. The van der Waals surface area contributed by atoms with Crippen LogP contribution in [0.25, 0.3) is 0 Å². The second-order valence-electron chi connectivity index (χ2n) is 5.88. The van der Waals surface area contributed by atoms with E-state index in [2.05, 4.69) is 6.58 Å². The molecular formula is C11H23NO3S. The molecule has 0 unspecified atom stereocenters. The van der Waals surface area contributed by atoms with Crippen LogP contribution in [0.3, 0.4) is 0 Å². The third kappa shape index (κ3) is 3.57. The van der Waals surface area contributed by atoms with Crippen LogP contribution in [0.5, 0.6) is 0 Å². The molecule has 1 N–H and O–H groups in total. The normalized spacial score (nSPS) is 14.2. The number of rotatable bonds is 3. The van der Waals surface area contributed by atoms with Crippen molar-refractivity contribution in [3.05, 3.63) is 11.5 Å². The van der Waals surface area contributed by atoms with Crippen LogP contribution in [-0.4, -0.2) is 35.5 Å². The van der Waals surface area contributed by atoms with Crippen LogP contribution in [0.1, 0.15) is 41.5 Å². The molecule has 0 spiro atoms. The van der Waals surface area contributed by atoms with Crippen molar-refractivity contribution in [3.63, 3.8) is 0 Å². The van der Waals surface area contributed by atoms with Crippen LogP contribution >= 0.6 is 0 Å². The minimum atomic E-state index is -3.43. The summed E-state index contributed by atoms with van der Waals surface area (Å²) in [5.41, 5.74) is -0.504. The van der Waals surface area contributed by atoms with Gasteiger partial charge < -0.3 is 5.21 Å². The second kappa shape index (κ2) is 4.47. The van der Waals surface area contributed by atoms with Crippen molar-refractivity contribution in [2.24, 2.45) is 0 Å². The molecule has 0 aliphatic rings. The fraction of sp³-hybridized carbons (Fsp3) is 0.818. The van der Waals surface area contributed by atoms with E-state index in [0.717, 1.165) is 5.06 Å². The van der Waals surface area contributed by atoms with Gasteiger partial charge in [-0.05, 0) is 41.5 Å². The first-order valence-corrected chi connectivity index (χ1v) is 6.67. The molecule has 0 radical (unpaired) electrons. The van der Waals surface area contributed by atoms with Gasteiger partial charge in [-0.25, -0.2) is 8.42 Å². The maximum absolute atomic E-state index is 12.0. The van der Waals surface area contributed by atoms with Crippen LogP contribution in [0.15, 0.2) is 11.5 Å². The lowest BCUT2D eigenvalue weighted by Gasteiger charge is -2.31. The highest BCUT2D eigenvalue weighted by atomic mass is 32.2. The lowest BCUT2D eigenvalue weighted by Crippen LogP contribution is -2.42. The lowest BCUT2D eigenvalue weighted by atomic mass is 10.1. The first-order chi connectivity index (χ1) is 6.80. The molecule has 0 rings (SSSR count). The van der Waals surface area contributed by atoms with Gasteiger partial charge in [-0.1, -0.05) is 6.58 Å². The average Bonchev–Trinajstić information content (AvgIpc) is 1.99. The standard InChI is InChI=1S/C11H23NO3S/c1-9(8-12(13)10(2,3)4)16(14,15)11(5,6)7/h13H,1,8H2,2-7H3. The topological polar surface area (TPSA) is 57.6 Å². The molecule has 0 fully saturated rings. The summed E-state index contributed by atoms with van der Waals surface area (Å²) in [7, 11) is -3.43. The van der Waals surface area contributed by atoms with Crippen molar-refractivity contribution in [3.8, 4) is 0 Å². The Bertz CT molecular complexity index is 358. The molecule has 0 saturated heterocycles. The van der Waals surface area contributed by atoms with Crippen molar-refractivity contribution in [2.75, 3.05) is 6.54 Å². The highest BCUT2D eigenvalue weighted by molar-refractivity contribution is 7.96. The molecule has 0 aliphatic carbocycles. The summed E-state index contributed by atoms with van der Waals surface area (Å²) < 4.78 is 23.1. The van der Waals surface area contributed by atoms with E-state index in [-0.39, 0.29) is 11.4 Å². The van der Waals surface area contributed by atoms with Gasteiger partial charge in [0.2, 0.25) is 0 Å². The molecule has 0 aliphatic heterocycles. The fourth-order valence-electron chi connectivity index (χ4n) is 0.922. The van der Waals surface area contributed by atoms with Crippen LogP contribution in [0.4, 0.5) is 0 Å². The Kier molecular flexibility index (Phi) is 4.36. The molecule has 16 heavy (non-hydrogen) atoms. The lowest BCUT2D eigenvalue weighted by molar-refractivity contribution is -0.147. The zero-order valence-corrected chi connectivity index (χ0v) is 11.8. The molecule has 0 aromatic carbocycles. The summed E-state index contributed by atoms with van der Waals surface area (Å²) in [5, 5.41) is 10.7. The Morgan fingerprint density at radius 2 is 1.56 bits per heavy atom. The Morgan fingerprint density at radius 3 is 1.81 bits per heavy atom. The molecule has 0 aromatic rings. The van der Waals surface area contributed by atoms with Crippen LogP contribution in [-0.2, 0) is 9.84 Å². The van der Waals surface area contributed by atoms with E-state index in [1.807, 2.05) is 0 Å². The highest BCUT2D eigenvalue weighted by Crippen LogP contribution is 2.24. The number of sulfone groups is 1. The van der Waals surface area contributed by atoms with Crippen molar-refractivity contribution in [2.45, 2.75) is 51.8 Å². The van der Waals surface area contributed by atoms with Crippen molar-refractivity contribution >= 4 is 9.84 Å². The van der Waals surface area contributed by atoms with Gasteiger partial charge >= 0.3 is 0 Å². The van der Waals surface area contributed by atoms with E-state index in [9.17, 15) is 13.6 Å². The van der Waals surface area contributed by atoms with Gasteiger partial charge in [-0.3, -0.25) is 0 Å². The van der Waals surface area contributed by atoms with Gasteiger partial charge in [-0.2, -0.15) is 5.06 Å². The van der Waals surface area contributed by atoms with Gasteiger partial charge in [0.1, 0.15) is 0 Å². The van der Waals surface area contributed by atoms with Crippen LogP contribution in [0.2, 0.25) is 0 Å². The summed E-state index contributed by atoms with van der Waals surface area (Å²) in [6, 6.07) is 0. The summed E-state index contributed by atoms with van der Waals surface area (Å²) in [6.07, 6.45) is 0. The molecule has 0 amide bonds. The van der Waals surface area contributed by atoms with E-state index >= 15 is 0 Å². The van der Waals surface area contributed by atoms with Crippen molar-refractivity contribution in [1.82, 2.24) is 5.06 Å². The summed E-state index contributed by atoms with van der Waals surface area (Å²) in [4.78, 5) is 0.0393. The monoisotopic (exact) mass is 249 g/mol. The molecule has 0 saturated carbocycles. The number of hydroxylamine groups is 2. The molecule has 0 bridgehead atoms. The SMILES string of the molecule is C=C(CN(O)C(C)(C)C)S(=O)(=O)C(C)(C)C. The summed E-state index contributed by atoms with van der Waals surface area (Å²) in [6.45, 7) is 13.7. The first kappa shape index (κ1) is 15.6. The maximum atomic E-state index is 12.0. The predicted octanol–water partition coefficient (Wildman–Crippen LogP) is 2.20. The van der Waals surface area contributed by atoms with Crippen LogP contribution < -0.4 is 0 Å². The van der Waals surface area contributed by atoms with Gasteiger partial charge in [-0.15, -0.1) is 0 Å². The van der Waals surface area contributed by atoms with E-state index < -0.39 is 20.1 Å². The number of hydrogen-bond acceptors (Lipinski definition) is 4. The van der Waals surface area contributed by atoms with E-state index in [1.54, 1.807) is 41.5 Å². The molecule has 5 heteroatoms. The fourth-order valence-corrected chi connectivity index (χ4v) is 2.08. The first-order valence-electron chi connectivity index (χ1n) is 5.19. The van der Waals surface area contributed by atoms with Gasteiger partial charge in [0, 0.05) is 5.54 Å². The Morgan fingerprint density at radius 1 is 1.19 bits per heavy atom. The Labute approximate surface area is 98.8 Å². The molecule has 0 atom stereocenters. The van der Waals surface area contributed by atoms with E-state index in [0.29, 0.717) is 0 Å². The number of hydrogen-bond donors (Lipinski definition) is 1. The van der Waals surface area contributed by atoms with E-state index in [1.165, 1.54) is 0 Å². The zero-order valence-electron chi connectivity index (χ0n) is 11.0. The third-order valence-electron chi connectivity index (χ3n) is 2.29. The average molecular weight is 249 g/mol. The molecule has 0 heterocycles. The minimum absolute atomic E-state index is 0.0393. The molecule has 4 nitrogen and oxygen atoms in total. The summed E-state index contributed by atoms with van der Waals surface area (Å²) in [5.74, 6) is 0. The van der Waals surface area contributed by atoms with Crippen molar-refractivity contribution in [1.29, 1.82) is 0 Å². The van der Waals surface area contributed by atoms with Gasteiger partial charge in [0.05, 0.1) is 16.2 Å². The molecule has 96 valence electrons. The molecule has 0 aromatic heterocycles. The van der Waals surface area contributed by atoms with Gasteiger partial charge in [0.25, 0.3) is 0 Å². The smallest absolute Gasteiger partial charge is 0.180 e. The Balaban J connectivity index is 4.89. The van der Waals surface area contributed by atoms with E-state index in [4.69, 9.17) is 0 Å². The summed E-state index contributed by atoms with van der Waals surface area (Å²) >= 11 is 0. The largest absolute Gasteiger partial charge is 0.313 e. The second-order valence-corrected chi connectivity index (χ2v) is 8.69. The number of nitrogens with zero attached hydrogens (tertiary/aromatic N) is 1. The maximum Gasteiger partial charge on any atom is 0.180 e.